The SMILES string of the molecule is CCCCn1c(SCC(=O)NCCc2ccc(Cl)cc2)nc2cc(S(N)(=O)=O)ccc21. The van der Waals surface area contributed by atoms with Crippen molar-refractivity contribution in [3.8, 4) is 0 Å². The summed E-state index contributed by atoms with van der Waals surface area (Å²) >= 11 is 7.22. The van der Waals surface area contributed by atoms with Crippen LogP contribution in [0.15, 0.2) is 52.5 Å². The highest BCUT2D eigenvalue weighted by Crippen LogP contribution is 2.26. The number of nitrogens with two attached hydrogens (primary N) is 1. The Balaban J connectivity index is 1.66. The van der Waals surface area contributed by atoms with Crippen molar-refractivity contribution in [2.75, 3.05) is 12.3 Å². The van der Waals surface area contributed by atoms with Crippen LogP contribution in [0.5, 0.6) is 0 Å². The molecule has 166 valence electrons. The maximum absolute atomic E-state index is 12.3. The Kier molecular flexibility index (Phi) is 7.99. The molecular weight excluding hydrogens is 456 g/mol. The third-order valence-corrected chi connectivity index (χ3v) is 6.87. The van der Waals surface area contributed by atoms with Gasteiger partial charge in [-0.05, 0) is 48.7 Å². The zero-order chi connectivity index (χ0) is 22.4. The van der Waals surface area contributed by atoms with Crippen LogP contribution >= 0.6 is 23.4 Å². The molecule has 1 heterocycles. The first-order valence-electron chi connectivity index (χ1n) is 9.95. The molecule has 0 aliphatic rings. The van der Waals surface area contributed by atoms with Gasteiger partial charge in [-0.3, -0.25) is 4.79 Å². The van der Waals surface area contributed by atoms with Gasteiger partial charge in [0, 0.05) is 18.1 Å². The van der Waals surface area contributed by atoms with Gasteiger partial charge in [0.25, 0.3) is 0 Å². The second-order valence-corrected chi connectivity index (χ2v) is 10.1. The first-order valence-corrected chi connectivity index (χ1v) is 12.9. The lowest BCUT2D eigenvalue weighted by Crippen LogP contribution is -2.27. The number of carbonyl (C=O) groups is 1. The largest absolute Gasteiger partial charge is 0.355 e. The number of aryl methyl sites for hydroxylation is 1. The number of imidazole rings is 1. The molecule has 7 nitrogen and oxygen atoms in total. The number of hydrogen-bond donors (Lipinski definition) is 2. The number of unbranched alkanes of at least 4 members (excludes halogenated alkanes) is 1. The highest BCUT2D eigenvalue weighted by Gasteiger charge is 2.16. The van der Waals surface area contributed by atoms with E-state index in [1.54, 1.807) is 6.07 Å². The van der Waals surface area contributed by atoms with Crippen LogP contribution in [0.25, 0.3) is 11.0 Å². The van der Waals surface area contributed by atoms with Crippen molar-refractivity contribution in [2.24, 2.45) is 5.14 Å². The molecule has 2 aromatic carbocycles. The number of halogens is 1. The van der Waals surface area contributed by atoms with Crippen molar-refractivity contribution in [1.29, 1.82) is 0 Å². The minimum absolute atomic E-state index is 0.0247. The molecule has 3 rings (SSSR count). The summed E-state index contributed by atoms with van der Waals surface area (Å²) in [6.45, 7) is 3.37. The highest BCUT2D eigenvalue weighted by molar-refractivity contribution is 7.99. The van der Waals surface area contributed by atoms with E-state index < -0.39 is 10.0 Å². The number of hydrogen-bond acceptors (Lipinski definition) is 5. The van der Waals surface area contributed by atoms with Gasteiger partial charge >= 0.3 is 0 Å². The van der Waals surface area contributed by atoms with Crippen LogP contribution in [0.1, 0.15) is 25.3 Å². The van der Waals surface area contributed by atoms with Crippen molar-refractivity contribution >= 4 is 50.3 Å². The normalized spacial score (nSPS) is 11.7. The molecule has 0 saturated carbocycles. The molecular formula is C21H25ClN4O3S2. The number of nitrogens with one attached hydrogen (secondary N) is 1. The second kappa shape index (κ2) is 10.5. The van der Waals surface area contributed by atoms with Gasteiger partial charge in [-0.25, -0.2) is 18.5 Å². The number of sulfonamides is 1. The van der Waals surface area contributed by atoms with E-state index in [1.165, 1.54) is 23.9 Å². The van der Waals surface area contributed by atoms with Gasteiger partial charge in [0.1, 0.15) is 0 Å². The molecule has 10 heteroatoms. The number of aromatic nitrogens is 2. The second-order valence-electron chi connectivity index (χ2n) is 7.11. The number of rotatable bonds is 10. The fourth-order valence-electron chi connectivity index (χ4n) is 3.09. The number of benzene rings is 2. The Labute approximate surface area is 191 Å². The Hall–Kier alpha value is -2.07. The van der Waals surface area contributed by atoms with Gasteiger partial charge in [0.15, 0.2) is 5.16 Å². The number of fused-ring (bicyclic) bond motifs is 1. The van der Waals surface area contributed by atoms with Crippen LogP contribution in [0.3, 0.4) is 0 Å². The fourth-order valence-corrected chi connectivity index (χ4v) is 4.62. The molecule has 0 fully saturated rings. The quantitative estimate of drug-likeness (QED) is 0.431. The van der Waals surface area contributed by atoms with Crippen molar-refractivity contribution in [1.82, 2.24) is 14.9 Å². The number of amides is 1. The summed E-state index contributed by atoms with van der Waals surface area (Å²) in [7, 11) is -3.80. The summed E-state index contributed by atoms with van der Waals surface area (Å²) in [6.07, 6.45) is 2.67. The maximum Gasteiger partial charge on any atom is 0.238 e. The maximum atomic E-state index is 12.3. The van der Waals surface area contributed by atoms with E-state index in [0.717, 1.165) is 36.9 Å². The first kappa shape index (κ1) is 23.6. The average Bonchev–Trinajstić information content (AvgIpc) is 3.08. The third-order valence-electron chi connectivity index (χ3n) is 4.73. The average molecular weight is 481 g/mol. The standard InChI is InChI=1S/C21H25ClN4O3S2/c1-2-3-12-26-19-9-8-17(31(23,28)29)13-18(19)25-21(26)30-14-20(27)24-11-10-15-4-6-16(22)7-5-15/h4-9,13H,2-3,10-12,14H2,1H3,(H,24,27)(H2,23,28,29). The summed E-state index contributed by atoms with van der Waals surface area (Å²) in [4.78, 5) is 16.9. The minimum Gasteiger partial charge on any atom is -0.355 e. The predicted octanol–water partition coefficient (Wildman–Crippen LogP) is 3.59. The summed E-state index contributed by atoms with van der Waals surface area (Å²) in [5.74, 6) is 0.135. The molecule has 0 radical (unpaired) electrons. The molecule has 31 heavy (non-hydrogen) atoms. The summed E-state index contributed by atoms with van der Waals surface area (Å²) in [5, 5.41) is 9.53. The number of primary sulfonamides is 1. The minimum atomic E-state index is -3.80. The molecule has 0 aliphatic carbocycles. The lowest BCUT2D eigenvalue weighted by molar-refractivity contribution is -0.118. The third kappa shape index (κ3) is 6.46. The molecule has 1 amide bonds. The Morgan fingerprint density at radius 1 is 1.23 bits per heavy atom. The first-order chi connectivity index (χ1) is 14.8. The van der Waals surface area contributed by atoms with Crippen LogP contribution in [0.4, 0.5) is 0 Å². The Morgan fingerprint density at radius 3 is 2.65 bits per heavy atom. The molecule has 0 bridgehead atoms. The van der Waals surface area contributed by atoms with Crippen molar-refractivity contribution < 1.29 is 13.2 Å². The molecule has 0 spiro atoms. The molecule has 0 unspecified atom stereocenters. The Morgan fingerprint density at radius 2 is 1.97 bits per heavy atom. The predicted molar refractivity (Wildman–Crippen MR) is 125 cm³/mol. The smallest absolute Gasteiger partial charge is 0.238 e. The van der Waals surface area contributed by atoms with Gasteiger partial charge in [0.2, 0.25) is 15.9 Å². The van der Waals surface area contributed by atoms with E-state index in [0.29, 0.717) is 22.2 Å². The Bertz CT molecular complexity index is 1160. The number of nitrogens with zero attached hydrogens (tertiary/aromatic N) is 2. The van der Waals surface area contributed by atoms with Gasteiger partial charge < -0.3 is 9.88 Å². The number of thioether (sulfide) groups is 1. The van der Waals surface area contributed by atoms with Crippen LogP contribution in [-0.2, 0) is 27.8 Å². The van der Waals surface area contributed by atoms with E-state index in [4.69, 9.17) is 16.7 Å². The van der Waals surface area contributed by atoms with Crippen molar-refractivity contribution in [3.63, 3.8) is 0 Å². The zero-order valence-electron chi connectivity index (χ0n) is 17.2. The monoisotopic (exact) mass is 480 g/mol. The van der Waals surface area contributed by atoms with Crippen LogP contribution in [0, 0.1) is 0 Å². The topological polar surface area (TPSA) is 107 Å². The summed E-state index contributed by atoms with van der Waals surface area (Å²) in [5.41, 5.74) is 2.48. The lowest BCUT2D eigenvalue weighted by Gasteiger charge is -2.09. The van der Waals surface area contributed by atoms with Gasteiger partial charge in [0.05, 0.1) is 21.7 Å². The van der Waals surface area contributed by atoms with E-state index in [9.17, 15) is 13.2 Å². The lowest BCUT2D eigenvalue weighted by atomic mass is 10.1. The van der Waals surface area contributed by atoms with Crippen molar-refractivity contribution in [2.45, 2.75) is 42.8 Å². The summed E-state index contributed by atoms with van der Waals surface area (Å²) < 4.78 is 25.3. The van der Waals surface area contributed by atoms with Crippen molar-refractivity contribution in [3.05, 3.63) is 53.1 Å². The zero-order valence-corrected chi connectivity index (χ0v) is 19.6. The number of carbonyl (C=O) groups excluding carboxylic acids is 1. The summed E-state index contributed by atoms with van der Waals surface area (Å²) in [6, 6.07) is 12.2. The van der Waals surface area contributed by atoms with E-state index >= 15 is 0 Å². The fraction of sp³-hybridized carbons (Fsp3) is 0.333. The van der Waals surface area contributed by atoms with Gasteiger partial charge in [-0.15, -0.1) is 0 Å². The van der Waals surface area contributed by atoms with Gasteiger partial charge in [-0.1, -0.05) is 48.8 Å². The molecule has 0 aliphatic heterocycles. The molecule has 3 aromatic rings. The van der Waals surface area contributed by atoms with E-state index in [2.05, 4.69) is 17.2 Å². The molecule has 0 atom stereocenters. The van der Waals surface area contributed by atoms with Crippen LogP contribution < -0.4 is 10.5 Å². The van der Waals surface area contributed by atoms with E-state index in [1.807, 2.05) is 28.8 Å². The van der Waals surface area contributed by atoms with Crippen LogP contribution in [0.2, 0.25) is 5.02 Å². The molecule has 3 N–H and O–H groups in total. The highest BCUT2D eigenvalue weighted by atomic mass is 35.5. The van der Waals surface area contributed by atoms with E-state index in [-0.39, 0.29) is 16.6 Å². The molecule has 0 saturated heterocycles. The molecule has 1 aromatic heterocycles. The van der Waals surface area contributed by atoms with Crippen LogP contribution in [-0.4, -0.2) is 36.2 Å². The van der Waals surface area contributed by atoms with Gasteiger partial charge in [-0.2, -0.15) is 0 Å².